The van der Waals surface area contributed by atoms with Gasteiger partial charge in [0.1, 0.15) is 12.4 Å². The van der Waals surface area contributed by atoms with Crippen LogP contribution in [0.3, 0.4) is 0 Å². The summed E-state index contributed by atoms with van der Waals surface area (Å²) in [5.41, 5.74) is 2.33. The van der Waals surface area contributed by atoms with E-state index >= 15 is 0 Å². The van der Waals surface area contributed by atoms with E-state index in [1.54, 1.807) is 0 Å². The molecule has 0 bridgehead atoms. The molecule has 0 unspecified atom stereocenters. The molecule has 1 fully saturated rings. The first-order chi connectivity index (χ1) is 13.7. The number of carbonyl (C=O) groups is 1. The van der Waals surface area contributed by atoms with Gasteiger partial charge in [-0.1, -0.05) is 18.2 Å². The molecule has 4 rings (SSSR count). The second kappa shape index (κ2) is 8.14. The van der Waals surface area contributed by atoms with Crippen molar-refractivity contribution in [1.82, 2.24) is 24.6 Å². The highest BCUT2D eigenvalue weighted by atomic mass is 16.3. The van der Waals surface area contributed by atoms with Crippen LogP contribution in [-0.4, -0.2) is 48.8 Å². The Hall–Kier alpha value is -2.67. The molecule has 3 aromatic rings. The highest BCUT2D eigenvalue weighted by Gasteiger charge is 2.24. The van der Waals surface area contributed by atoms with Crippen molar-refractivity contribution in [3.05, 3.63) is 47.7 Å². The molecule has 0 radical (unpaired) electrons. The number of carbonyl (C=O) groups excluding carboxylic acids is 1. The zero-order valence-electron chi connectivity index (χ0n) is 16.3. The van der Waals surface area contributed by atoms with Crippen LogP contribution in [0.25, 0.3) is 10.9 Å². The van der Waals surface area contributed by atoms with Gasteiger partial charge in [-0.25, -0.2) is 0 Å². The average molecular weight is 381 g/mol. The van der Waals surface area contributed by atoms with Gasteiger partial charge in [-0.3, -0.25) is 4.79 Å². The largest absolute Gasteiger partial charge is 0.388 e. The topological polar surface area (TPSA) is 87.0 Å². The third-order valence-corrected chi connectivity index (χ3v) is 5.92. The lowest BCUT2D eigenvalue weighted by Crippen LogP contribution is -2.39. The predicted molar refractivity (Wildman–Crippen MR) is 107 cm³/mol. The van der Waals surface area contributed by atoms with Crippen molar-refractivity contribution >= 4 is 16.8 Å². The Balaban J connectivity index is 1.27. The molecule has 0 spiro atoms. The molecule has 148 valence electrons. The molecule has 0 aliphatic carbocycles. The van der Waals surface area contributed by atoms with E-state index in [0.717, 1.165) is 50.1 Å². The minimum atomic E-state index is -0.0904. The van der Waals surface area contributed by atoms with E-state index in [2.05, 4.69) is 27.3 Å². The number of aliphatic hydroxyl groups excluding tert-OH is 1. The first-order valence-corrected chi connectivity index (χ1v) is 9.96. The van der Waals surface area contributed by atoms with Gasteiger partial charge in [0.15, 0.2) is 5.82 Å². The van der Waals surface area contributed by atoms with Gasteiger partial charge in [-0.05, 0) is 36.8 Å². The fourth-order valence-corrected chi connectivity index (χ4v) is 4.10. The predicted octanol–water partition coefficient (Wildman–Crippen LogP) is 2.20. The fourth-order valence-electron chi connectivity index (χ4n) is 4.10. The lowest BCUT2D eigenvalue weighted by atomic mass is 9.93. The summed E-state index contributed by atoms with van der Waals surface area (Å²) in [6.07, 6.45) is 6.16. The summed E-state index contributed by atoms with van der Waals surface area (Å²) < 4.78 is 1.87. The summed E-state index contributed by atoms with van der Waals surface area (Å²) in [5, 5.41) is 18.6. The summed E-state index contributed by atoms with van der Waals surface area (Å²) in [5.74, 6) is 2.25. The molecule has 0 atom stereocenters. The normalized spacial score (nSPS) is 15.4. The van der Waals surface area contributed by atoms with E-state index in [1.165, 1.54) is 10.9 Å². The smallest absolute Gasteiger partial charge is 0.222 e. The molecule has 2 N–H and O–H groups in total. The van der Waals surface area contributed by atoms with Crippen LogP contribution in [0, 0.1) is 5.92 Å². The third-order valence-electron chi connectivity index (χ3n) is 5.92. The van der Waals surface area contributed by atoms with Crippen molar-refractivity contribution in [1.29, 1.82) is 0 Å². The summed E-state index contributed by atoms with van der Waals surface area (Å²) in [6, 6.07) is 8.22. The quantitative estimate of drug-likeness (QED) is 0.685. The van der Waals surface area contributed by atoms with E-state index in [0.29, 0.717) is 18.2 Å². The number of likely N-dealkylation sites (tertiary alicyclic amines) is 1. The molecule has 28 heavy (non-hydrogen) atoms. The number of aliphatic hydroxyl groups is 1. The van der Waals surface area contributed by atoms with Gasteiger partial charge in [0.2, 0.25) is 5.91 Å². The van der Waals surface area contributed by atoms with Crippen molar-refractivity contribution in [3.63, 3.8) is 0 Å². The molecule has 7 nitrogen and oxygen atoms in total. The molecule has 2 aromatic heterocycles. The van der Waals surface area contributed by atoms with Gasteiger partial charge in [0, 0.05) is 50.1 Å². The number of nitrogens with zero attached hydrogens (tertiary/aromatic N) is 4. The van der Waals surface area contributed by atoms with Gasteiger partial charge in [-0.2, -0.15) is 0 Å². The number of fused-ring (bicyclic) bond motifs is 1. The van der Waals surface area contributed by atoms with Crippen molar-refractivity contribution < 1.29 is 9.90 Å². The maximum atomic E-state index is 12.7. The molecule has 7 heteroatoms. The number of rotatable bonds is 6. The second-order valence-corrected chi connectivity index (χ2v) is 7.64. The van der Waals surface area contributed by atoms with Crippen LogP contribution in [0.15, 0.2) is 30.5 Å². The first-order valence-electron chi connectivity index (χ1n) is 9.96. The number of aryl methyl sites for hydroxylation is 1. The Labute approximate surface area is 164 Å². The molecular formula is C21H27N5O2. The van der Waals surface area contributed by atoms with Gasteiger partial charge in [-0.15, -0.1) is 10.2 Å². The van der Waals surface area contributed by atoms with Crippen LogP contribution in [0.2, 0.25) is 0 Å². The molecule has 1 saturated heterocycles. The fraction of sp³-hybridized carbons (Fsp3) is 0.476. The maximum Gasteiger partial charge on any atom is 0.222 e. The number of amides is 1. The monoisotopic (exact) mass is 381 g/mol. The molecule has 0 saturated carbocycles. The number of nitrogens with one attached hydrogen (secondary N) is 1. The Morgan fingerprint density at radius 1 is 1.21 bits per heavy atom. The Kier molecular flexibility index (Phi) is 5.43. The van der Waals surface area contributed by atoms with Crippen molar-refractivity contribution in [2.45, 2.75) is 38.7 Å². The Morgan fingerprint density at radius 3 is 2.71 bits per heavy atom. The minimum absolute atomic E-state index is 0.0904. The van der Waals surface area contributed by atoms with Gasteiger partial charge >= 0.3 is 0 Å². The highest BCUT2D eigenvalue weighted by Crippen LogP contribution is 2.23. The lowest BCUT2D eigenvalue weighted by Gasteiger charge is -2.32. The van der Waals surface area contributed by atoms with Gasteiger partial charge < -0.3 is 19.6 Å². The molecule has 3 heterocycles. The van der Waals surface area contributed by atoms with E-state index in [4.69, 9.17) is 0 Å². The molecule has 1 aromatic carbocycles. The number of hydrogen-bond acceptors (Lipinski definition) is 4. The Bertz CT molecular complexity index is 953. The highest BCUT2D eigenvalue weighted by molar-refractivity contribution is 5.84. The molecule has 1 aliphatic rings. The van der Waals surface area contributed by atoms with Gasteiger partial charge in [0.25, 0.3) is 0 Å². The van der Waals surface area contributed by atoms with Crippen molar-refractivity contribution in [3.8, 4) is 0 Å². The average Bonchev–Trinajstić information content (AvgIpc) is 3.30. The minimum Gasteiger partial charge on any atom is -0.388 e. The number of aromatic amines is 1. The molecule has 1 amide bonds. The zero-order chi connectivity index (χ0) is 19.5. The third kappa shape index (κ3) is 3.80. The SMILES string of the molecule is Cn1c(CO)nnc1CC1CCN(C(=O)CCc2c[nH]c3ccccc23)CC1. The lowest BCUT2D eigenvalue weighted by molar-refractivity contribution is -0.132. The number of H-pyrrole nitrogens is 1. The van der Waals surface area contributed by atoms with E-state index in [9.17, 15) is 9.90 Å². The number of para-hydroxylation sites is 1. The van der Waals surface area contributed by atoms with Crippen LogP contribution in [0.4, 0.5) is 0 Å². The van der Waals surface area contributed by atoms with Gasteiger partial charge in [0.05, 0.1) is 0 Å². The number of hydrogen-bond donors (Lipinski definition) is 2. The molecule has 1 aliphatic heterocycles. The first kappa shape index (κ1) is 18.7. The zero-order valence-corrected chi connectivity index (χ0v) is 16.3. The maximum absolute atomic E-state index is 12.7. The standard InChI is InChI=1S/C21H27N5O2/c1-25-19(23-24-20(25)14-27)12-15-8-10-26(11-9-15)21(28)7-6-16-13-22-18-5-3-2-4-17(16)18/h2-5,13,15,22,27H,6-12,14H2,1H3. The number of benzene rings is 1. The summed E-state index contributed by atoms with van der Waals surface area (Å²) >= 11 is 0. The van der Waals surface area contributed by atoms with Crippen molar-refractivity contribution in [2.24, 2.45) is 13.0 Å². The van der Waals surface area contributed by atoms with E-state index in [1.807, 2.05) is 34.8 Å². The molecular weight excluding hydrogens is 354 g/mol. The number of piperidine rings is 1. The van der Waals surface area contributed by atoms with Crippen LogP contribution >= 0.6 is 0 Å². The van der Waals surface area contributed by atoms with Crippen LogP contribution in [0.1, 0.15) is 36.5 Å². The van der Waals surface area contributed by atoms with Crippen LogP contribution in [-0.2, 0) is 31.3 Å². The Morgan fingerprint density at radius 2 is 1.96 bits per heavy atom. The van der Waals surface area contributed by atoms with E-state index < -0.39 is 0 Å². The summed E-state index contributed by atoms with van der Waals surface area (Å²) in [7, 11) is 1.89. The summed E-state index contributed by atoms with van der Waals surface area (Å²) in [4.78, 5) is 17.9. The van der Waals surface area contributed by atoms with E-state index in [-0.39, 0.29) is 12.5 Å². The van der Waals surface area contributed by atoms with Crippen molar-refractivity contribution in [2.75, 3.05) is 13.1 Å². The second-order valence-electron chi connectivity index (χ2n) is 7.64. The van der Waals surface area contributed by atoms with Crippen LogP contribution < -0.4 is 0 Å². The summed E-state index contributed by atoms with van der Waals surface area (Å²) in [6.45, 7) is 1.52. The van der Waals surface area contributed by atoms with Crippen LogP contribution in [0.5, 0.6) is 0 Å². The number of aromatic nitrogens is 4.